The molecule has 0 radical (unpaired) electrons. The molecule has 2 aromatic rings. The molecule has 0 aliphatic rings. The molecule has 1 heterocycles. The van der Waals surface area contributed by atoms with E-state index in [0.29, 0.717) is 30.1 Å². The maximum Gasteiger partial charge on any atom is 0.255 e. The molecule has 1 unspecified atom stereocenters. The van der Waals surface area contributed by atoms with E-state index in [1.807, 2.05) is 26.8 Å². The second-order valence-corrected chi connectivity index (χ2v) is 5.68. The molecular formula is C18H24N2O4. The Labute approximate surface area is 141 Å². The number of ether oxygens (including phenoxy) is 1. The Kier molecular flexibility index (Phi) is 6.37. The fraction of sp³-hybridized carbons (Fsp3) is 0.444. The van der Waals surface area contributed by atoms with Crippen LogP contribution in [0, 0.1) is 13.8 Å². The average Bonchev–Trinajstić information content (AvgIpc) is 2.91. The average molecular weight is 332 g/mol. The molecule has 130 valence electrons. The number of hydrogen-bond donors (Lipinski definition) is 2. The van der Waals surface area contributed by atoms with Gasteiger partial charge in [0, 0.05) is 12.6 Å². The number of aliphatic hydroxyl groups is 1. The molecule has 0 aliphatic carbocycles. The first-order chi connectivity index (χ1) is 11.6. The summed E-state index contributed by atoms with van der Waals surface area (Å²) >= 11 is 0. The van der Waals surface area contributed by atoms with Crippen molar-refractivity contribution in [2.75, 3.05) is 6.61 Å². The van der Waals surface area contributed by atoms with Gasteiger partial charge in [-0.25, -0.2) is 0 Å². The molecule has 1 atom stereocenters. The molecule has 0 saturated heterocycles. The fourth-order valence-electron chi connectivity index (χ4n) is 2.44. The topological polar surface area (TPSA) is 84.6 Å². The summed E-state index contributed by atoms with van der Waals surface area (Å²) in [6.07, 6.45) is 1.29. The first kappa shape index (κ1) is 18.0. The predicted octanol–water partition coefficient (Wildman–Crippen LogP) is 2.76. The number of benzene rings is 1. The maximum absolute atomic E-state index is 12.5. The molecule has 0 aliphatic heterocycles. The minimum atomic E-state index is -0.204. The third kappa shape index (κ3) is 4.35. The lowest BCUT2D eigenvalue weighted by Gasteiger charge is -2.17. The van der Waals surface area contributed by atoms with E-state index in [0.717, 1.165) is 17.7 Å². The summed E-state index contributed by atoms with van der Waals surface area (Å²) in [6, 6.07) is 7.05. The van der Waals surface area contributed by atoms with Crippen LogP contribution in [0.4, 0.5) is 0 Å². The lowest BCUT2D eigenvalue weighted by Crippen LogP contribution is -2.35. The second-order valence-electron chi connectivity index (χ2n) is 5.68. The minimum absolute atomic E-state index is 0.0446. The Morgan fingerprint density at radius 1 is 1.38 bits per heavy atom. The first-order valence-electron chi connectivity index (χ1n) is 8.12. The van der Waals surface area contributed by atoms with Crippen molar-refractivity contribution in [3.05, 3.63) is 46.8 Å². The molecule has 1 aromatic carbocycles. The molecule has 24 heavy (non-hydrogen) atoms. The van der Waals surface area contributed by atoms with Crippen LogP contribution < -0.4 is 10.1 Å². The summed E-state index contributed by atoms with van der Waals surface area (Å²) in [4.78, 5) is 12.5. The normalized spacial score (nSPS) is 12.0. The van der Waals surface area contributed by atoms with Gasteiger partial charge in [-0.3, -0.25) is 4.79 Å². The van der Waals surface area contributed by atoms with Crippen LogP contribution in [0.15, 0.2) is 28.8 Å². The van der Waals surface area contributed by atoms with Gasteiger partial charge in [0.05, 0.1) is 16.8 Å². The monoisotopic (exact) mass is 332 g/mol. The van der Waals surface area contributed by atoms with Crippen molar-refractivity contribution < 1.29 is 19.2 Å². The van der Waals surface area contributed by atoms with Gasteiger partial charge in [0.2, 0.25) is 0 Å². The van der Waals surface area contributed by atoms with Crippen molar-refractivity contribution in [2.24, 2.45) is 0 Å². The SMILES string of the molecule is CCC(CCO)NC(=O)c1ccccc1OCc1c(C)noc1C. The Balaban J connectivity index is 2.10. The lowest BCUT2D eigenvalue weighted by molar-refractivity contribution is 0.0924. The molecule has 6 nitrogen and oxygen atoms in total. The molecular weight excluding hydrogens is 308 g/mol. The molecule has 0 fully saturated rings. The molecule has 2 rings (SSSR count). The summed E-state index contributed by atoms with van der Waals surface area (Å²) in [7, 11) is 0. The van der Waals surface area contributed by atoms with Crippen molar-refractivity contribution >= 4 is 5.91 Å². The van der Waals surface area contributed by atoms with Crippen LogP contribution in [0.2, 0.25) is 0 Å². The van der Waals surface area contributed by atoms with Gasteiger partial charge in [0.1, 0.15) is 18.1 Å². The highest BCUT2D eigenvalue weighted by atomic mass is 16.5. The summed E-state index contributed by atoms with van der Waals surface area (Å²) in [5.74, 6) is 1.02. The number of para-hydroxylation sites is 1. The van der Waals surface area contributed by atoms with Crippen molar-refractivity contribution in [1.29, 1.82) is 0 Å². The highest BCUT2D eigenvalue weighted by molar-refractivity contribution is 5.97. The molecule has 0 saturated carbocycles. The largest absolute Gasteiger partial charge is 0.488 e. The number of hydrogen-bond acceptors (Lipinski definition) is 5. The zero-order chi connectivity index (χ0) is 17.5. The zero-order valence-corrected chi connectivity index (χ0v) is 14.3. The van der Waals surface area contributed by atoms with Crippen molar-refractivity contribution in [3.8, 4) is 5.75 Å². The Morgan fingerprint density at radius 2 is 2.12 bits per heavy atom. The molecule has 0 bridgehead atoms. The third-order valence-corrected chi connectivity index (χ3v) is 3.99. The second kappa shape index (κ2) is 8.49. The lowest BCUT2D eigenvalue weighted by atomic mass is 10.1. The van der Waals surface area contributed by atoms with E-state index in [4.69, 9.17) is 14.4 Å². The van der Waals surface area contributed by atoms with E-state index in [-0.39, 0.29) is 18.6 Å². The summed E-state index contributed by atoms with van der Waals surface area (Å²) in [6.45, 7) is 6.00. The number of amides is 1. The number of nitrogens with one attached hydrogen (secondary N) is 1. The van der Waals surface area contributed by atoms with E-state index < -0.39 is 0 Å². The van der Waals surface area contributed by atoms with E-state index in [1.165, 1.54) is 0 Å². The summed E-state index contributed by atoms with van der Waals surface area (Å²) in [5.41, 5.74) is 2.14. The van der Waals surface area contributed by atoms with Crippen LogP contribution in [0.5, 0.6) is 5.75 Å². The van der Waals surface area contributed by atoms with E-state index >= 15 is 0 Å². The number of aliphatic hydroxyl groups excluding tert-OH is 1. The number of nitrogens with zero attached hydrogens (tertiary/aromatic N) is 1. The highest BCUT2D eigenvalue weighted by Gasteiger charge is 2.17. The molecule has 2 N–H and O–H groups in total. The first-order valence-corrected chi connectivity index (χ1v) is 8.12. The zero-order valence-electron chi connectivity index (χ0n) is 14.3. The van der Waals surface area contributed by atoms with Gasteiger partial charge in [-0.15, -0.1) is 0 Å². The van der Waals surface area contributed by atoms with Gasteiger partial charge in [-0.2, -0.15) is 0 Å². The highest BCUT2D eigenvalue weighted by Crippen LogP contribution is 2.21. The van der Waals surface area contributed by atoms with Gasteiger partial charge in [0.25, 0.3) is 5.91 Å². The Hall–Kier alpha value is -2.34. The van der Waals surface area contributed by atoms with Gasteiger partial charge in [0.15, 0.2) is 0 Å². The predicted molar refractivity (Wildman–Crippen MR) is 90.0 cm³/mol. The Morgan fingerprint density at radius 3 is 2.75 bits per heavy atom. The Bertz CT molecular complexity index is 662. The van der Waals surface area contributed by atoms with E-state index in [1.54, 1.807) is 18.2 Å². The molecule has 1 aromatic heterocycles. The quantitative estimate of drug-likeness (QED) is 0.776. The number of rotatable bonds is 8. The fourth-order valence-corrected chi connectivity index (χ4v) is 2.44. The van der Waals surface area contributed by atoms with Crippen molar-refractivity contribution in [2.45, 2.75) is 46.3 Å². The van der Waals surface area contributed by atoms with Crippen LogP contribution in [0.1, 0.15) is 47.1 Å². The number of aromatic nitrogens is 1. The van der Waals surface area contributed by atoms with Crippen LogP contribution in [0.3, 0.4) is 0 Å². The number of carbonyl (C=O) groups excluding carboxylic acids is 1. The maximum atomic E-state index is 12.5. The van der Waals surface area contributed by atoms with Gasteiger partial charge in [-0.05, 0) is 38.8 Å². The van der Waals surface area contributed by atoms with Crippen LogP contribution >= 0.6 is 0 Å². The van der Waals surface area contributed by atoms with Crippen molar-refractivity contribution in [3.63, 3.8) is 0 Å². The van der Waals surface area contributed by atoms with Crippen LogP contribution in [-0.2, 0) is 6.61 Å². The van der Waals surface area contributed by atoms with Crippen LogP contribution in [-0.4, -0.2) is 28.8 Å². The smallest absolute Gasteiger partial charge is 0.255 e. The van der Waals surface area contributed by atoms with Gasteiger partial charge < -0.3 is 19.7 Å². The number of carbonyl (C=O) groups is 1. The van der Waals surface area contributed by atoms with E-state index in [9.17, 15) is 4.79 Å². The van der Waals surface area contributed by atoms with Gasteiger partial charge in [-0.1, -0.05) is 24.2 Å². The molecule has 1 amide bonds. The minimum Gasteiger partial charge on any atom is -0.488 e. The third-order valence-electron chi connectivity index (χ3n) is 3.99. The van der Waals surface area contributed by atoms with Gasteiger partial charge >= 0.3 is 0 Å². The molecule has 0 spiro atoms. The van der Waals surface area contributed by atoms with Crippen LogP contribution in [0.25, 0.3) is 0 Å². The number of aryl methyl sites for hydroxylation is 2. The van der Waals surface area contributed by atoms with Crippen molar-refractivity contribution in [1.82, 2.24) is 10.5 Å². The summed E-state index contributed by atoms with van der Waals surface area (Å²) in [5, 5.41) is 15.9. The molecule has 6 heteroatoms. The summed E-state index contributed by atoms with van der Waals surface area (Å²) < 4.78 is 11.0. The van der Waals surface area contributed by atoms with E-state index in [2.05, 4.69) is 10.5 Å². The standard InChI is InChI=1S/C18H24N2O4/c1-4-14(9-10-21)19-18(22)15-7-5-6-8-17(15)23-11-16-12(2)20-24-13(16)3/h5-8,14,21H,4,9-11H2,1-3H3,(H,19,22).